The van der Waals surface area contributed by atoms with Gasteiger partial charge in [-0.25, -0.2) is 4.68 Å². The van der Waals surface area contributed by atoms with Crippen LogP contribution in [-0.4, -0.2) is 47.8 Å². The molecule has 0 fully saturated rings. The van der Waals surface area contributed by atoms with Gasteiger partial charge in [-0.3, -0.25) is 4.79 Å². The zero-order valence-electron chi connectivity index (χ0n) is 14.1. The van der Waals surface area contributed by atoms with Gasteiger partial charge in [0.2, 0.25) is 0 Å². The Morgan fingerprint density at radius 2 is 1.96 bits per heavy atom. The second-order valence-electron chi connectivity index (χ2n) is 5.43. The molecule has 1 amide bonds. The molecule has 0 radical (unpaired) electrons. The first-order valence-corrected chi connectivity index (χ1v) is 7.38. The third-order valence-electron chi connectivity index (χ3n) is 3.66. The van der Waals surface area contributed by atoms with Crippen LogP contribution >= 0.6 is 12.4 Å². The summed E-state index contributed by atoms with van der Waals surface area (Å²) in [5.41, 5.74) is -0.585. The molecule has 2 rings (SSSR count). The third-order valence-corrected chi connectivity index (χ3v) is 3.66. The molecule has 1 aromatic carbocycles. The zero-order valence-corrected chi connectivity index (χ0v) is 14.9. The second kappa shape index (κ2) is 8.35. The molecule has 0 unspecified atom stereocenters. The fourth-order valence-corrected chi connectivity index (χ4v) is 2.35. The van der Waals surface area contributed by atoms with Crippen molar-refractivity contribution in [1.82, 2.24) is 20.0 Å². The van der Waals surface area contributed by atoms with Gasteiger partial charge in [-0.2, -0.15) is 18.3 Å². The van der Waals surface area contributed by atoms with Crippen molar-refractivity contribution in [3.8, 4) is 5.69 Å². The number of aryl methyl sites for hydroxylation is 1. The van der Waals surface area contributed by atoms with Gasteiger partial charge in [0.25, 0.3) is 5.91 Å². The van der Waals surface area contributed by atoms with Crippen LogP contribution in [0.1, 0.15) is 21.6 Å². The van der Waals surface area contributed by atoms with Gasteiger partial charge in [0, 0.05) is 20.1 Å². The molecule has 0 aliphatic carbocycles. The van der Waals surface area contributed by atoms with Gasteiger partial charge in [-0.05, 0) is 25.6 Å². The van der Waals surface area contributed by atoms with E-state index in [1.807, 2.05) is 0 Å². The lowest BCUT2D eigenvalue weighted by Crippen LogP contribution is -2.34. The Hall–Kier alpha value is -2.06. The lowest BCUT2D eigenvalue weighted by atomic mass is 10.1. The summed E-state index contributed by atoms with van der Waals surface area (Å²) in [7, 11) is 3.17. The Morgan fingerprint density at radius 1 is 1.32 bits per heavy atom. The van der Waals surface area contributed by atoms with E-state index in [1.54, 1.807) is 32.2 Å². The van der Waals surface area contributed by atoms with Gasteiger partial charge < -0.3 is 10.2 Å². The zero-order chi connectivity index (χ0) is 17.9. The maximum Gasteiger partial charge on any atom is 0.434 e. The number of carbonyl (C=O) groups is 1. The molecule has 2 aromatic rings. The molecule has 5 nitrogen and oxygen atoms in total. The summed E-state index contributed by atoms with van der Waals surface area (Å²) in [5.74, 6) is -0.711. The molecule has 0 spiro atoms. The van der Waals surface area contributed by atoms with Crippen molar-refractivity contribution in [2.75, 3.05) is 27.2 Å². The van der Waals surface area contributed by atoms with Crippen LogP contribution in [0.4, 0.5) is 13.2 Å². The minimum atomic E-state index is -4.70. The van der Waals surface area contributed by atoms with E-state index in [0.717, 1.165) is 10.9 Å². The molecule has 9 heteroatoms. The Labute approximate surface area is 150 Å². The van der Waals surface area contributed by atoms with Crippen LogP contribution in [0.25, 0.3) is 5.69 Å². The van der Waals surface area contributed by atoms with Gasteiger partial charge in [0.1, 0.15) is 0 Å². The summed E-state index contributed by atoms with van der Waals surface area (Å²) >= 11 is 0. The van der Waals surface area contributed by atoms with Crippen LogP contribution in [0.5, 0.6) is 0 Å². The highest BCUT2D eigenvalue weighted by Gasteiger charge is 2.41. The van der Waals surface area contributed by atoms with Crippen LogP contribution < -0.4 is 5.32 Å². The van der Waals surface area contributed by atoms with E-state index in [0.29, 0.717) is 24.3 Å². The number of halogens is 4. The standard InChI is InChI=1S/C16H19F3N4O.ClH/c1-11-6-4-5-7-13(11)23-14(16(17,18)19)12(10-21-23)15(24)22(3)9-8-20-2;/h4-7,10,20H,8-9H2,1-3H3;1H. The van der Waals surface area contributed by atoms with Gasteiger partial charge in [-0.1, -0.05) is 18.2 Å². The van der Waals surface area contributed by atoms with Crippen molar-refractivity contribution in [3.63, 3.8) is 0 Å². The number of nitrogens with zero attached hydrogens (tertiary/aromatic N) is 3. The molecule has 1 aromatic heterocycles. The largest absolute Gasteiger partial charge is 0.434 e. The van der Waals surface area contributed by atoms with Crippen molar-refractivity contribution in [2.45, 2.75) is 13.1 Å². The fraction of sp³-hybridized carbons (Fsp3) is 0.375. The first kappa shape index (κ1) is 21.0. The number of alkyl halides is 3. The smallest absolute Gasteiger partial charge is 0.340 e. The lowest BCUT2D eigenvalue weighted by molar-refractivity contribution is -0.143. The highest BCUT2D eigenvalue weighted by Crippen LogP contribution is 2.34. The molecule has 0 saturated carbocycles. The molecule has 0 atom stereocenters. The average molecular weight is 377 g/mol. The molecule has 25 heavy (non-hydrogen) atoms. The maximum atomic E-state index is 13.6. The second-order valence-corrected chi connectivity index (χ2v) is 5.43. The van der Waals surface area contributed by atoms with E-state index in [1.165, 1.54) is 18.0 Å². The molecule has 0 aliphatic rings. The molecule has 0 bridgehead atoms. The monoisotopic (exact) mass is 376 g/mol. The molecule has 0 saturated heterocycles. The number of carbonyl (C=O) groups excluding carboxylic acids is 1. The highest BCUT2D eigenvalue weighted by molar-refractivity contribution is 5.95. The molecule has 1 N–H and O–H groups in total. The van der Waals surface area contributed by atoms with Crippen molar-refractivity contribution in [2.24, 2.45) is 0 Å². The van der Waals surface area contributed by atoms with Crippen molar-refractivity contribution in [1.29, 1.82) is 0 Å². The van der Waals surface area contributed by atoms with Gasteiger partial charge in [0.15, 0.2) is 5.69 Å². The summed E-state index contributed by atoms with van der Waals surface area (Å²) in [6.07, 6.45) is -3.72. The van der Waals surface area contributed by atoms with E-state index >= 15 is 0 Å². The van der Waals surface area contributed by atoms with Crippen LogP contribution in [0, 0.1) is 6.92 Å². The predicted octanol–water partition coefficient (Wildman–Crippen LogP) is 2.91. The van der Waals surface area contributed by atoms with Gasteiger partial charge in [-0.15, -0.1) is 12.4 Å². The Balaban J connectivity index is 0.00000312. The summed E-state index contributed by atoms with van der Waals surface area (Å²) in [4.78, 5) is 13.6. The van der Waals surface area contributed by atoms with Crippen molar-refractivity contribution >= 4 is 18.3 Å². The molecule has 1 heterocycles. The molecule has 138 valence electrons. The molecular weight excluding hydrogens is 357 g/mol. The normalized spacial score (nSPS) is 11.1. The topological polar surface area (TPSA) is 50.2 Å². The van der Waals surface area contributed by atoms with E-state index in [2.05, 4.69) is 10.4 Å². The molecular formula is C16H20ClF3N4O. The number of hydrogen-bond donors (Lipinski definition) is 1. The number of rotatable bonds is 5. The Bertz CT molecular complexity index is 730. The van der Waals surface area contributed by atoms with Crippen molar-refractivity contribution in [3.05, 3.63) is 47.3 Å². The number of hydrogen-bond acceptors (Lipinski definition) is 3. The first-order valence-electron chi connectivity index (χ1n) is 7.38. The molecule has 0 aliphatic heterocycles. The minimum absolute atomic E-state index is 0. The summed E-state index contributed by atoms with van der Waals surface area (Å²) in [5, 5.41) is 6.68. The van der Waals surface area contributed by atoms with Crippen LogP contribution in [0.15, 0.2) is 30.5 Å². The number of nitrogens with one attached hydrogen (secondary N) is 1. The maximum absolute atomic E-state index is 13.6. The quantitative estimate of drug-likeness (QED) is 0.873. The van der Waals surface area contributed by atoms with E-state index < -0.39 is 23.3 Å². The average Bonchev–Trinajstić information content (AvgIpc) is 2.97. The number of para-hydroxylation sites is 1. The highest BCUT2D eigenvalue weighted by atomic mass is 35.5. The third kappa shape index (κ3) is 4.52. The number of benzene rings is 1. The van der Waals surface area contributed by atoms with Gasteiger partial charge in [0.05, 0.1) is 17.4 Å². The first-order chi connectivity index (χ1) is 11.3. The van der Waals surface area contributed by atoms with E-state index in [9.17, 15) is 18.0 Å². The van der Waals surface area contributed by atoms with Crippen LogP contribution in [-0.2, 0) is 6.18 Å². The predicted molar refractivity (Wildman–Crippen MR) is 91.4 cm³/mol. The van der Waals surface area contributed by atoms with E-state index in [-0.39, 0.29) is 12.4 Å². The number of aromatic nitrogens is 2. The van der Waals surface area contributed by atoms with Gasteiger partial charge >= 0.3 is 6.18 Å². The van der Waals surface area contributed by atoms with Crippen LogP contribution in [0.2, 0.25) is 0 Å². The minimum Gasteiger partial charge on any atom is -0.340 e. The van der Waals surface area contributed by atoms with Crippen LogP contribution in [0.3, 0.4) is 0 Å². The summed E-state index contributed by atoms with van der Waals surface area (Å²) in [6, 6.07) is 6.59. The Kier molecular flexibility index (Phi) is 7.01. The van der Waals surface area contributed by atoms with Crippen molar-refractivity contribution < 1.29 is 18.0 Å². The summed E-state index contributed by atoms with van der Waals surface area (Å²) < 4.78 is 41.6. The fourth-order valence-electron chi connectivity index (χ4n) is 2.35. The number of amides is 1. The summed E-state index contributed by atoms with van der Waals surface area (Å²) in [6.45, 7) is 2.47. The SMILES string of the molecule is CNCCN(C)C(=O)c1cnn(-c2ccccc2C)c1C(F)(F)F.Cl. The Morgan fingerprint density at radius 3 is 2.52 bits per heavy atom. The number of likely N-dealkylation sites (N-methyl/N-ethyl adjacent to an activating group) is 2. The lowest BCUT2D eigenvalue weighted by Gasteiger charge is -2.18. The van der Waals surface area contributed by atoms with E-state index in [4.69, 9.17) is 0 Å².